The van der Waals surface area contributed by atoms with Crippen LogP contribution in [0.1, 0.15) is 27.2 Å². The van der Waals surface area contributed by atoms with Crippen LogP contribution in [0, 0.1) is 0 Å². The van der Waals surface area contributed by atoms with Crippen LogP contribution in [0.3, 0.4) is 0 Å². The summed E-state index contributed by atoms with van der Waals surface area (Å²) in [5, 5.41) is 84.5. The van der Waals surface area contributed by atoms with E-state index < -0.39 is 74.2 Å². The van der Waals surface area contributed by atoms with Crippen LogP contribution in [-0.2, 0) is 14.3 Å². The number of nitrogens with one attached hydrogen (secondary N) is 2. The molecule has 1 heterocycles. The monoisotopic (exact) mass is 470 g/mol. The van der Waals surface area contributed by atoms with Crippen LogP contribution in [0.25, 0.3) is 0 Å². The van der Waals surface area contributed by atoms with E-state index in [-0.39, 0.29) is 12.1 Å². The number of aliphatic hydroxyl groups excluding tert-OH is 8. The third-order valence-corrected chi connectivity index (χ3v) is 4.94. The van der Waals surface area contributed by atoms with Crippen molar-refractivity contribution in [3.63, 3.8) is 0 Å². The first-order valence-corrected chi connectivity index (χ1v) is 10.5. The van der Waals surface area contributed by atoms with E-state index in [1.165, 1.54) is 0 Å². The third kappa shape index (κ3) is 8.43. The van der Waals surface area contributed by atoms with Crippen molar-refractivity contribution >= 4 is 5.91 Å². The van der Waals surface area contributed by atoms with Crippen molar-refractivity contribution in [1.82, 2.24) is 10.6 Å². The highest BCUT2D eigenvalue weighted by atomic mass is 16.7. The number of rotatable bonds is 12. The summed E-state index contributed by atoms with van der Waals surface area (Å²) < 4.78 is 10.4. The normalized spacial score (nSPS) is 30.4. The molecule has 0 aliphatic carbocycles. The molecule has 5 unspecified atom stereocenters. The lowest BCUT2D eigenvalue weighted by molar-refractivity contribution is -0.326. The Morgan fingerprint density at radius 3 is 2.19 bits per heavy atom. The molecule has 1 amide bonds. The molecule has 1 fully saturated rings. The second-order valence-electron chi connectivity index (χ2n) is 8.80. The number of aliphatic hydroxyl groups is 8. The fourth-order valence-electron chi connectivity index (χ4n) is 3.04. The van der Waals surface area contributed by atoms with Gasteiger partial charge < -0.3 is 61.0 Å². The fourth-order valence-corrected chi connectivity index (χ4v) is 3.04. The van der Waals surface area contributed by atoms with Crippen LogP contribution in [0.2, 0.25) is 0 Å². The summed E-state index contributed by atoms with van der Waals surface area (Å²) in [7, 11) is 0. The smallest absolute Gasteiger partial charge is 0.251 e. The number of hydrogen-bond acceptors (Lipinski definition) is 12. The number of amides is 1. The molecule has 1 rings (SSSR count). The van der Waals surface area contributed by atoms with Gasteiger partial charge in [0.05, 0.1) is 13.2 Å². The van der Waals surface area contributed by atoms with Crippen molar-refractivity contribution < 1.29 is 55.1 Å². The lowest BCUT2D eigenvalue weighted by atomic mass is 9.98. The molecule has 0 saturated carbocycles. The topological polar surface area (TPSA) is 221 Å². The molecule has 0 aromatic rings. The van der Waals surface area contributed by atoms with Gasteiger partial charge in [-0.15, -0.1) is 0 Å². The van der Waals surface area contributed by atoms with Gasteiger partial charge >= 0.3 is 0 Å². The Labute approximate surface area is 186 Å². The molecule has 190 valence electrons. The highest BCUT2D eigenvalue weighted by molar-refractivity contribution is 5.81. The van der Waals surface area contributed by atoms with Crippen LogP contribution in [0.4, 0.5) is 0 Å². The number of carbonyl (C=O) groups excluding carboxylic acids is 1. The Balaban J connectivity index is 2.74. The highest BCUT2D eigenvalue weighted by Gasteiger charge is 2.47. The lowest BCUT2D eigenvalue weighted by Crippen LogP contribution is -2.62. The van der Waals surface area contributed by atoms with Crippen LogP contribution >= 0.6 is 0 Å². The van der Waals surface area contributed by atoms with Gasteiger partial charge in [0, 0.05) is 12.1 Å². The van der Waals surface area contributed by atoms with Gasteiger partial charge in [0.1, 0.15) is 42.7 Å². The molecule has 13 nitrogen and oxygen atoms in total. The Kier molecular flexibility index (Phi) is 11.9. The van der Waals surface area contributed by atoms with E-state index >= 15 is 0 Å². The summed E-state index contributed by atoms with van der Waals surface area (Å²) in [6, 6.07) is 0. The van der Waals surface area contributed by atoms with Crippen molar-refractivity contribution in [3.8, 4) is 0 Å². The summed E-state index contributed by atoms with van der Waals surface area (Å²) in [4.78, 5) is 12.2. The van der Waals surface area contributed by atoms with E-state index in [1.807, 2.05) is 20.8 Å². The average Bonchev–Trinajstić information content (AvgIpc) is 2.74. The van der Waals surface area contributed by atoms with Crippen molar-refractivity contribution in [2.24, 2.45) is 0 Å². The van der Waals surface area contributed by atoms with E-state index in [0.717, 1.165) is 0 Å². The first-order valence-electron chi connectivity index (χ1n) is 10.5. The molecule has 1 saturated heterocycles. The minimum Gasteiger partial charge on any atom is -0.394 e. The molecule has 10 N–H and O–H groups in total. The van der Waals surface area contributed by atoms with E-state index in [2.05, 4.69) is 10.6 Å². The summed E-state index contributed by atoms with van der Waals surface area (Å²) in [6.07, 6.45) is -15.6. The molecular weight excluding hydrogens is 432 g/mol. The largest absolute Gasteiger partial charge is 0.394 e. The Morgan fingerprint density at radius 2 is 1.66 bits per heavy atom. The lowest BCUT2D eigenvalue weighted by Gasteiger charge is -2.42. The molecule has 0 radical (unpaired) electrons. The minimum atomic E-state index is -2.07. The van der Waals surface area contributed by atoms with Crippen LogP contribution < -0.4 is 10.6 Å². The number of carbonyl (C=O) groups is 1. The van der Waals surface area contributed by atoms with Crippen LogP contribution in [0.15, 0.2) is 0 Å². The maximum atomic E-state index is 12.2. The van der Waals surface area contributed by atoms with E-state index in [1.54, 1.807) is 0 Å². The van der Waals surface area contributed by atoms with Gasteiger partial charge in [0.25, 0.3) is 5.91 Å². The summed E-state index contributed by atoms with van der Waals surface area (Å²) in [5.74, 6) is -0.958. The maximum absolute atomic E-state index is 12.2. The Bertz CT molecular complexity index is 560. The first kappa shape index (κ1) is 29.1. The van der Waals surface area contributed by atoms with Crippen LogP contribution in [-0.4, -0.2) is 134 Å². The summed E-state index contributed by atoms with van der Waals surface area (Å²) >= 11 is 0. The van der Waals surface area contributed by atoms with Crippen molar-refractivity contribution in [1.29, 1.82) is 0 Å². The quantitative estimate of drug-likeness (QED) is 0.121. The second-order valence-corrected chi connectivity index (χ2v) is 8.80. The van der Waals surface area contributed by atoms with Gasteiger partial charge in [-0.1, -0.05) is 0 Å². The molecule has 0 bridgehead atoms. The molecule has 13 heteroatoms. The Hall–Kier alpha value is -0.970. The van der Waals surface area contributed by atoms with Crippen molar-refractivity contribution in [3.05, 3.63) is 0 Å². The summed E-state index contributed by atoms with van der Waals surface area (Å²) in [5.41, 5.74) is -0.102. The van der Waals surface area contributed by atoms with E-state index in [9.17, 15) is 45.6 Å². The Morgan fingerprint density at radius 1 is 1.03 bits per heavy atom. The minimum absolute atomic E-state index is 0.102. The molecule has 32 heavy (non-hydrogen) atoms. The zero-order chi connectivity index (χ0) is 24.6. The predicted molar refractivity (Wildman–Crippen MR) is 109 cm³/mol. The maximum Gasteiger partial charge on any atom is 0.251 e. The first-order chi connectivity index (χ1) is 14.8. The van der Waals surface area contributed by atoms with E-state index in [0.29, 0.717) is 13.0 Å². The number of hydrogen-bond donors (Lipinski definition) is 10. The molecular formula is C19H38N2O11. The fraction of sp³-hybridized carbons (Fsp3) is 0.947. The standard InChI is InChI=1S/C19H38N2O11/c1-19(2,3)21-6-4-5-20-17(30)14(28)13(27)16(9(24)7-22)32-18-15(29)12(26)11(25)10(8-23)31-18/h9-16,18,21-29H,4-8H2,1-3H3,(H,20,30)/t9-,10?,11?,12?,13-,14-,15?,16-,18?/m1/s1. The molecule has 0 aromatic heterocycles. The highest BCUT2D eigenvalue weighted by Crippen LogP contribution is 2.25. The van der Waals surface area contributed by atoms with Crippen molar-refractivity contribution in [2.45, 2.75) is 87.9 Å². The molecule has 9 atom stereocenters. The molecule has 0 spiro atoms. The van der Waals surface area contributed by atoms with E-state index in [4.69, 9.17) is 9.47 Å². The average molecular weight is 471 g/mol. The zero-order valence-corrected chi connectivity index (χ0v) is 18.5. The second kappa shape index (κ2) is 13.1. The van der Waals surface area contributed by atoms with Crippen molar-refractivity contribution in [2.75, 3.05) is 26.3 Å². The predicted octanol–water partition coefficient (Wildman–Crippen LogP) is -4.86. The molecule has 1 aliphatic rings. The van der Waals surface area contributed by atoms with Crippen LogP contribution in [0.5, 0.6) is 0 Å². The number of ether oxygens (including phenoxy) is 2. The zero-order valence-electron chi connectivity index (χ0n) is 18.5. The SMILES string of the molecule is CC(C)(C)NCCCNC(=O)[C@H](O)[C@@H](O)[C@H](OC1OC(CO)C(O)C(O)C1O)[C@H](O)CO. The van der Waals surface area contributed by atoms with Gasteiger partial charge in [-0.3, -0.25) is 4.79 Å². The third-order valence-electron chi connectivity index (χ3n) is 4.94. The van der Waals surface area contributed by atoms with Gasteiger partial charge in [0.2, 0.25) is 0 Å². The van der Waals surface area contributed by atoms with Gasteiger partial charge in [0.15, 0.2) is 12.4 Å². The molecule has 0 aromatic carbocycles. The van der Waals surface area contributed by atoms with Gasteiger partial charge in [-0.2, -0.15) is 0 Å². The summed E-state index contributed by atoms with van der Waals surface area (Å²) in [6.45, 7) is 5.04. The van der Waals surface area contributed by atoms with Gasteiger partial charge in [-0.25, -0.2) is 0 Å². The molecule has 1 aliphatic heterocycles. The van der Waals surface area contributed by atoms with Gasteiger partial charge in [-0.05, 0) is 33.7 Å².